The lowest BCUT2D eigenvalue weighted by Crippen LogP contribution is -2.32. The summed E-state index contributed by atoms with van der Waals surface area (Å²) < 4.78 is 5.23. The molecule has 0 radical (unpaired) electrons. The van der Waals surface area contributed by atoms with Crippen LogP contribution in [-0.4, -0.2) is 18.6 Å². The fourth-order valence-electron chi connectivity index (χ4n) is 4.40. The summed E-state index contributed by atoms with van der Waals surface area (Å²) in [6, 6.07) is 17.6. The number of methoxy groups -OCH3 is 1. The van der Waals surface area contributed by atoms with Gasteiger partial charge in [-0.05, 0) is 48.6 Å². The van der Waals surface area contributed by atoms with Crippen molar-refractivity contribution in [3.8, 4) is 11.8 Å². The van der Waals surface area contributed by atoms with Gasteiger partial charge in [0.2, 0.25) is 0 Å². The van der Waals surface area contributed by atoms with Gasteiger partial charge in [0.15, 0.2) is 5.78 Å². The van der Waals surface area contributed by atoms with Gasteiger partial charge >= 0.3 is 0 Å². The molecule has 4 rings (SSSR count). The quantitative estimate of drug-likeness (QED) is 0.683. The van der Waals surface area contributed by atoms with E-state index in [1.165, 1.54) is 0 Å². The molecule has 1 heterocycles. The number of carbonyl (C=O) groups excluding carboxylic acids is 1. The van der Waals surface area contributed by atoms with Crippen molar-refractivity contribution in [2.45, 2.75) is 31.6 Å². The standard InChI is InChI=1S/C24H21ClN2O2/c1-14-19(13-26)23(18-5-3-4-6-20(18)25)24-21(27-14)11-16(12-22(24)28)15-7-9-17(29-2)10-8-15/h3-10,16,19,23H,11-12H2,1-2H3. The van der Waals surface area contributed by atoms with Crippen molar-refractivity contribution >= 4 is 23.1 Å². The van der Waals surface area contributed by atoms with Gasteiger partial charge in [0.1, 0.15) is 5.75 Å². The molecule has 0 saturated heterocycles. The maximum absolute atomic E-state index is 13.3. The predicted octanol–water partition coefficient (Wildman–Crippen LogP) is 5.45. The maximum Gasteiger partial charge on any atom is 0.161 e. The molecule has 2 aromatic carbocycles. The molecule has 0 amide bonds. The monoisotopic (exact) mass is 404 g/mol. The molecule has 3 atom stereocenters. The topological polar surface area (TPSA) is 62.4 Å². The Morgan fingerprint density at radius 3 is 2.52 bits per heavy atom. The van der Waals surface area contributed by atoms with E-state index in [4.69, 9.17) is 21.3 Å². The molecule has 0 fully saturated rings. The van der Waals surface area contributed by atoms with Gasteiger partial charge in [-0.25, -0.2) is 0 Å². The van der Waals surface area contributed by atoms with Crippen molar-refractivity contribution in [2.24, 2.45) is 10.9 Å². The molecule has 2 aliphatic rings. The Balaban J connectivity index is 1.77. The minimum Gasteiger partial charge on any atom is -0.497 e. The van der Waals surface area contributed by atoms with Crippen LogP contribution in [0.15, 0.2) is 64.8 Å². The molecule has 0 saturated carbocycles. The summed E-state index contributed by atoms with van der Waals surface area (Å²) in [5.74, 6) is 0.0429. The van der Waals surface area contributed by atoms with E-state index in [9.17, 15) is 10.1 Å². The number of hydrogen-bond donors (Lipinski definition) is 0. The Hall–Kier alpha value is -2.90. The first-order valence-electron chi connectivity index (χ1n) is 9.63. The summed E-state index contributed by atoms with van der Waals surface area (Å²) in [5.41, 5.74) is 4.09. The van der Waals surface area contributed by atoms with Crippen LogP contribution >= 0.6 is 11.6 Å². The number of aliphatic imine (C=N–C) groups is 1. The predicted molar refractivity (Wildman–Crippen MR) is 113 cm³/mol. The lowest BCUT2D eigenvalue weighted by Gasteiger charge is -2.35. The largest absolute Gasteiger partial charge is 0.497 e. The van der Waals surface area contributed by atoms with E-state index < -0.39 is 5.92 Å². The van der Waals surface area contributed by atoms with Gasteiger partial charge in [0.05, 0.1) is 19.1 Å². The Morgan fingerprint density at radius 1 is 1.14 bits per heavy atom. The number of carbonyl (C=O) groups is 1. The van der Waals surface area contributed by atoms with Crippen molar-refractivity contribution < 1.29 is 9.53 Å². The van der Waals surface area contributed by atoms with Crippen molar-refractivity contribution in [1.29, 1.82) is 5.26 Å². The highest BCUT2D eigenvalue weighted by molar-refractivity contribution is 6.31. The van der Waals surface area contributed by atoms with E-state index in [1.807, 2.05) is 49.4 Å². The van der Waals surface area contributed by atoms with Gasteiger partial charge in [-0.1, -0.05) is 41.9 Å². The lowest BCUT2D eigenvalue weighted by molar-refractivity contribution is -0.116. The third kappa shape index (κ3) is 3.47. The van der Waals surface area contributed by atoms with E-state index >= 15 is 0 Å². The molecule has 0 spiro atoms. The van der Waals surface area contributed by atoms with Gasteiger partial charge in [-0.2, -0.15) is 5.26 Å². The smallest absolute Gasteiger partial charge is 0.161 e. The average molecular weight is 405 g/mol. The van der Waals surface area contributed by atoms with Crippen molar-refractivity contribution in [3.63, 3.8) is 0 Å². The Kier molecular flexibility index (Phi) is 5.25. The van der Waals surface area contributed by atoms with Crippen LogP contribution in [-0.2, 0) is 4.79 Å². The van der Waals surface area contributed by atoms with Crippen LogP contribution in [0.4, 0.5) is 0 Å². The molecule has 0 bridgehead atoms. The first kappa shape index (κ1) is 19.4. The number of ether oxygens (including phenoxy) is 1. The van der Waals surface area contributed by atoms with Gasteiger partial charge < -0.3 is 4.74 Å². The zero-order valence-electron chi connectivity index (χ0n) is 16.4. The highest BCUT2D eigenvalue weighted by Crippen LogP contribution is 2.47. The molecule has 0 N–H and O–H groups in total. The summed E-state index contributed by atoms with van der Waals surface area (Å²) >= 11 is 6.46. The number of nitrogens with zero attached hydrogens (tertiary/aromatic N) is 2. The fraction of sp³-hybridized carbons (Fsp3) is 0.292. The number of Topliss-reactive ketones (excluding diaryl/α,β-unsaturated/α-hetero) is 1. The van der Waals surface area contributed by atoms with E-state index in [0.717, 1.165) is 28.3 Å². The molecule has 1 aliphatic carbocycles. The summed E-state index contributed by atoms with van der Waals surface area (Å²) in [7, 11) is 1.64. The molecule has 5 heteroatoms. The molecule has 4 nitrogen and oxygen atoms in total. The minimum atomic E-state index is -0.491. The molecule has 29 heavy (non-hydrogen) atoms. The van der Waals surface area contributed by atoms with Gasteiger partial charge in [0.25, 0.3) is 0 Å². The van der Waals surface area contributed by atoms with E-state index in [0.29, 0.717) is 23.4 Å². The van der Waals surface area contributed by atoms with Crippen LogP contribution in [0.1, 0.15) is 42.7 Å². The van der Waals surface area contributed by atoms with Crippen LogP contribution in [0.2, 0.25) is 5.02 Å². The summed E-state index contributed by atoms with van der Waals surface area (Å²) in [4.78, 5) is 18.0. The SMILES string of the molecule is COc1ccc(C2CC(=O)C3=C(C2)N=C(C)C(C#N)C3c2ccccc2Cl)cc1. The van der Waals surface area contributed by atoms with Gasteiger partial charge in [0, 0.05) is 34.3 Å². The summed E-state index contributed by atoms with van der Waals surface area (Å²) in [5, 5.41) is 10.4. The fourth-order valence-corrected chi connectivity index (χ4v) is 4.65. The van der Waals surface area contributed by atoms with Crippen LogP contribution in [0.3, 0.4) is 0 Å². The minimum absolute atomic E-state index is 0.0495. The molecule has 2 aromatic rings. The second-order valence-electron chi connectivity index (χ2n) is 7.52. The Morgan fingerprint density at radius 2 is 1.86 bits per heavy atom. The highest BCUT2D eigenvalue weighted by atomic mass is 35.5. The zero-order valence-corrected chi connectivity index (χ0v) is 17.1. The van der Waals surface area contributed by atoms with E-state index in [-0.39, 0.29) is 17.6 Å². The third-order valence-electron chi connectivity index (χ3n) is 5.86. The molecular formula is C24H21ClN2O2. The molecular weight excluding hydrogens is 384 g/mol. The maximum atomic E-state index is 13.3. The van der Waals surface area contributed by atoms with Gasteiger partial charge in [-0.15, -0.1) is 0 Å². The Labute approximate surface area is 175 Å². The van der Waals surface area contributed by atoms with Crippen LogP contribution in [0.25, 0.3) is 0 Å². The number of rotatable bonds is 3. The van der Waals surface area contributed by atoms with E-state index in [2.05, 4.69) is 6.07 Å². The first-order chi connectivity index (χ1) is 14.0. The number of hydrogen-bond acceptors (Lipinski definition) is 4. The first-order valence-corrected chi connectivity index (χ1v) is 10.0. The lowest BCUT2D eigenvalue weighted by atomic mass is 9.69. The Bertz CT molecular complexity index is 1060. The second kappa shape index (κ2) is 7.85. The van der Waals surface area contributed by atoms with Crippen LogP contribution in [0.5, 0.6) is 5.75 Å². The molecule has 0 aromatic heterocycles. The summed E-state index contributed by atoms with van der Waals surface area (Å²) in [6.45, 7) is 1.86. The zero-order chi connectivity index (χ0) is 20.5. The van der Waals surface area contributed by atoms with Crippen LogP contribution in [0, 0.1) is 17.2 Å². The third-order valence-corrected chi connectivity index (χ3v) is 6.20. The number of nitriles is 1. The summed E-state index contributed by atoms with van der Waals surface area (Å²) in [6.07, 6.45) is 1.07. The molecule has 1 aliphatic heterocycles. The van der Waals surface area contributed by atoms with Gasteiger partial charge in [-0.3, -0.25) is 9.79 Å². The van der Waals surface area contributed by atoms with Crippen molar-refractivity contribution in [3.05, 3.63) is 76.0 Å². The van der Waals surface area contributed by atoms with Crippen molar-refractivity contribution in [2.75, 3.05) is 7.11 Å². The second-order valence-corrected chi connectivity index (χ2v) is 7.93. The average Bonchev–Trinajstić information content (AvgIpc) is 2.73. The van der Waals surface area contributed by atoms with Crippen LogP contribution < -0.4 is 4.74 Å². The molecule has 146 valence electrons. The normalized spacial score (nSPS) is 23.9. The number of ketones is 1. The number of halogens is 1. The van der Waals surface area contributed by atoms with E-state index in [1.54, 1.807) is 13.2 Å². The highest BCUT2D eigenvalue weighted by Gasteiger charge is 2.41. The number of benzene rings is 2. The number of allylic oxidation sites excluding steroid dienone is 2. The molecule has 3 unspecified atom stereocenters. The van der Waals surface area contributed by atoms with Crippen molar-refractivity contribution in [1.82, 2.24) is 0 Å².